The monoisotopic (exact) mass is 288 g/mol. The van der Waals surface area contributed by atoms with Gasteiger partial charge < -0.3 is 9.64 Å². The molecule has 4 heteroatoms. The summed E-state index contributed by atoms with van der Waals surface area (Å²) in [6.45, 7) is 5.86. The highest BCUT2D eigenvalue weighted by Gasteiger charge is 2.40. The van der Waals surface area contributed by atoms with Crippen LogP contribution in [0.2, 0.25) is 0 Å². The number of hydrogen-bond acceptors (Lipinski definition) is 3. The molecule has 21 heavy (non-hydrogen) atoms. The average Bonchev–Trinajstić information content (AvgIpc) is 3.05. The summed E-state index contributed by atoms with van der Waals surface area (Å²) in [6.07, 6.45) is 2.37. The quantitative estimate of drug-likeness (QED) is 0.924. The fraction of sp³-hybridized carbons (Fsp3) is 0.588. The van der Waals surface area contributed by atoms with Crippen molar-refractivity contribution in [2.75, 3.05) is 13.2 Å². The van der Waals surface area contributed by atoms with Crippen LogP contribution in [0.5, 0.6) is 0 Å². The van der Waals surface area contributed by atoms with Crippen LogP contribution in [0, 0.1) is 5.92 Å². The van der Waals surface area contributed by atoms with E-state index < -0.39 is 0 Å². The van der Waals surface area contributed by atoms with Crippen LogP contribution in [0.15, 0.2) is 30.3 Å². The van der Waals surface area contributed by atoms with Gasteiger partial charge in [0.1, 0.15) is 6.04 Å². The van der Waals surface area contributed by atoms with E-state index in [4.69, 9.17) is 4.74 Å². The standard InChI is InChI=1S/C17H24N2O2/c1-3-15-18-16(13-7-5-4-6-8-13)17(20)19(15)11-14-9-10-21-12(14)2/h4-8,12,14-16,18H,3,9-11H2,1-2H3. The van der Waals surface area contributed by atoms with Gasteiger partial charge in [-0.15, -0.1) is 0 Å². The maximum Gasteiger partial charge on any atom is 0.245 e. The van der Waals surface area contributed by atoms with Crippen LogP contribution in [-0.4, -0.2) is 36.2 Å². The number of carbonyl (C=O) groups excluding carboxylic acids is 1. The van der Waals surface area contributed by atoms with Gasteiger partial charge in [-0.25, -0.2) is 0 Å². The van der Waals surface area contributed by atoms with Gasteiger partial charge in [-0.1, -0.05) is 37.3 Å². The number of nitrogens with zero attached hydrogens (tertiary/aromatic N) is 1. The Morgan fingerprint density at radius 1 is 1.33 bits per heavy atom. The zero-order chi connectivity index (χ0) is 14.8. The molecule has 4 unspecified atom stereocenters. The first-order valence-electron chi connectivity index (χ1n) is 7.93. The van der Waals surface area contributed by atoms with Gasteiger partial charge in [0.2, 0.25) is 5.91 Å². The van der Waals surface area contributed by atoms with Crippen molar-refractivity contribution in [3.63, 3.8) is 0 Å². The molecule has 0 aromatic heterocycles. The van der Waals surface area contributed by atoms with Gasteiger partial charge >= 0.3 is 0 Å². The lowest BCUT2D eigenvalue weighted by Crippen LogP contribution is -2.41. The maximum absolute atomic E-state index is 12.8. The SMILES string of the molecule is CCC1NC(c2ccccc2)C(=O)N1CC1CCOC1C. The Bertz CT molecular complexity index is 491. The van der Waals surface area contributed by atoms with E-state index in [1.807, 2.05) is 35.2 Å². The molecule has 0 spiro atoms. The van der Waals surface area contributed by atoms with Crippen molar-refractivity contribution in [3.05, 3.63) is 35.9 Å². The fourth-order valence-corrected chi connectivity index (χ4v) is 3.38. The van der Waals surface area contributed by atoms with E-state index >= 15 is 0 Å². The molecule has 1 amide bonds. The molecule has 0 bridgehead atoms. The van der Waals surface area contributed by atoms with Crippen LogP contribution in [0.4, 0.5) is 0 Å². The second-order valence-corrected chi connectivity index (χ2v) is 6.05. The van der Waals surface area contributed by atoms with Gasteiger partial charge in [0.25, 0.3) is 0 Å². The lowest BCUT2D eigenvalue weighted by molar-refractivity contribution is -0.131. The van der Waals surface area contributed by atoms with E-state index in [2.05, 4.69) is 19.2 Å². The molecule has 4 atom stereocenters. The lowest BCUT2D eigenvalue weighted by Gasteiger charge is -2.27. The first-order chi connectivity index (χ1) is 10.2. The maximum atomic E-state index is 12.8. The van der Waals surface area contributed by atoms with Crippen molar-refractivity contribution >= 4 is 5.91 Å². The first kappa shape index (κ1) is 14.5. The Morgan fingerprint density at radius 3 is 2.71 bits per heavy atom. The Balaban J connectivity index is 1.75. The summed E-state index contributed by atoms with van der Waals surface area (Å²) < 4.78 is 5.63. The predicted octanol–water partition coefficient (Wildman–Crippen LogP) is 2.32. The van der Waals surface area contributed by atoms with Crippen molar-refractivity contribution in [2.45, 2.75) is 45.0 Å². The predicted molar refractivity (Wildman–Crippen MR) is 81.6 cm³/mol. The first-order valence-corrected chi connectivity index (χ1v) is 7.93. The number of hydrogen-bond donors (Lipinski definition) is 1. The minimum absolute atomic E-state index is 0.135. The minimum atomic E-state index is -0.200. The number of ether oxygens (including phenoxy) is 1. The molecule has 0 saturated carbocycles. The molecule has 114 valence electrons. The Morgan fingerprint density at radius 2 is 2.10 bits per heavy atom. The third-order valence-corrected chi connectivity index (χ3v) is 4.75. The van der Waals surface area contributed by atoms with Crippen LogP contribution in [0.3, 0.4) is 0 Å². The van der Waals surface area contributed by atoms with Gasteiger partial charge in [-0.05, 0) is 25.3 Å². The third-order valence-electron chi connectivity index (χ3n) is 4.75. The van der Waals surface area contributed by atoms with Crippen LogP contribution < -0.4 is 5.32 Å². The number of nitrogens with one attached hydrogen (secondary N) is 1. The molecule has 2 saturated heterocycles. The Hall–Kier alpha value is -1.39. The summed E-state index contributed by atoms with van der Waals surface area (Å²) in [5.41, 5.74) is 1.05. The molecule has 2 heterocycles. The van der Waals surface area contributed by atoms with Gasteiger partial charge in [-0.2, -0.15) is 0 Å². The highest BCUT2D eigenvalue weighted by atomic mass is 16.5. The van der Waals surface area contributed by atoms with Gasteiger partial charge in [0.15, 0.2) is 0 Å². The number of amides is 1. The van der Waals surface area contributed by atoms with E-state index in [9.17, 15) is 4.79 Å². The van der Waals surface area contributed by atoms with Crippen LogP contribution in [0.25, 0.3) is 0 Å². The summed E-state index contributed by atoms with van der Waals surface area (Å²) in [5, 5.41) is 3.48. The molecule has 2 fully saturated rings. The second-order valence-electron chi connectivity index (χ2n) is 6.05. The third kappa shape index (κ3) is 2.83. The molecule has 2 aliphatic heterocycles. The summed E-state index contributed by atoms with van der Waals surface area (Å²) in [7, 11) is 0. The van der Waals surface area contributed by atoms with Crippen molar-refractivity contribution in [2.24, 2.45) is 5.92 Å². The highest BCUT2D eigenvalue weighted by Crippen LogP contribution is 2.29. The molecular weight excluding hydrogens is 264 g/mol. The molecule has 1 aromatic rings. The van der Waals surface area contributed by atoms with Gasteiger partial charge in [0.05, 0.1) is 12.3 Å². The minimum Gasteiger partial charge on any atom is -0.378 e. The molecule has 1 N–H and O–H groups in total. The summed E-state index contributed by atoms with van der Waals surface area (Å²) in [6, 6.07) is 9.80. The number of benzene rings is 1. The van der Waals surface area contributed by atoms with E-state index in [1.54, 1.807) is 0 Å². The Kier molecular flexibility index (Phi) is 4.27. The zero-order valence-corrected chi connectivity index (χ0v) is 12.8. The smallest absolute Gasteiger partial charge is 0.245 e. The second kappa shape index (κ2) is 6.16. The van der Waals surface area contributed by atoms with E-state index in [0.29, 0.717) is 5.92 Å². The normalized spacial score (nSPS) is 32.9. The largest absolute Gasteiger partial charge is 0.378 e. The molecule has 4 nitrogen and oxygen atoms in total. The molecule has 0 aliphatic carbocycles. The van der Waals surface area contributed by atoms with Gasteiger partial charge in [0, 0.05) is 19.1 Å². The van der Waals surface area contributed by atoms with Gasteiger partial charge in [-0.3, -0.25) is 10.1 Å². The van der Waals surface area contributed by atoms with Crippen LogP contribution in [-0.2, 0) is 9.53 Å². The van der Waals surface area contributed by atoms with Crippen molar-refractivity contribution in [3.8, 4) is 0 Å². The molecule has 1 aromatic carbocycles. The van der Waals surface area contributed by atoms with Crippen molar-refractivity contribution in [1.82, 2.24) is 10.2 Å². The van der Waals surface area contributed by atoms with Crippen molar-refractivity contribution < 1.29 is 9.53 Å². The zero-order valence-electron chi connectivity index (χ0n) is 12.8. The molecular formula is C17H24N2O2. The number of carbonyl (C=O) groups is 1. The van der Waals surface area contributed by atoms with Crippen molar-refractivity contribution in [1.29, 1.82) is 0 Å². The van der Waals surface area contributed by atoms with Crippen LogP contribution in [0.1, 0.15) is 38.3 Å². The van der Waals surface area contributed by atoms with Crippen LogP contribution >= 0.6 is 0 Å². The fourth-order valence-electron chi connectivity index (χ4n) is 3.38. The topological polar surface area (TPSA) is 41.6 Å². The molecule has 3 rings (SSSR count). The Labute approximate surface area is 126 Å². The van der Waals surface area contributed by atoms with E-state index in [0.717, 1.165) is 31.6 Å². The highest BCUT2D eigenvalue weighted by molar-refractivity contribution is 5.85. The molecule has 2 aliphatic rings. The average molecular weight is 288 g/mol. The summed E-state index contributed by atoms with van der Waals surface area (Å²) in [5.74, 6) is 0.659. The molecule has 0 radical (unpaired) electrons. The van der Waals surface area contributed by atoms with E-state index in [1.165, 1.54) is 0 Å². The summed E-state index contributed by atoms with van der Waals surface area (Å²) >= 11 is 0. The number of rotatable bonds is 4. The lowest BCUT2D eigenvalue weighted by atomic mass is 10.0. The summed E-state index contributed by atoms with van der Waals surface area (Å²) in [4.78, 5) is 14.8. The van der Waals surface area contributed by atoms with E-state index in [-0.39, 0.29) is 24.2 Å².